The molecule has 30 heavy (non-hydrogen) atoms. The van der Waals surface area contributed by atoms with E-state index >= 15 is 0 Å². The number of aromatic amines is 1. The molecule has 1 aromatic carbocycles. The van der Waals surface area contributed by atoms with Crippen LogP contribution in [0, 0.1) is 5.82 Å². The molecule has 2 aliphatic rings. The summed E-state index contributed by atoms with van der Waals surface area (Å²) in [6.07, 6.45) is 4.50. The standard InChI is InChI=1S/C23H27FN4OS/c1-15(16-6-8-17(24)9-7-16)28-12-10-27(11-13-28)14-20-25-22(29)21-18-4-2-3-5-19(18)30-23(21)26-20/h6-9,15H,2-5,10-14H2,1H3,(H,25,26,29)/p+2/t15-/m1/s1. The maximum absolute atomic E-state index is 13.2. The lowest BCUT2D eigenvalue weighted by molar-refractivity contribution is -1.03. The van der Waals surface area contributed by atoms with Gasteiger partial charge in [-0.1, -0.05) is 12.1 Å². The van der Waals surface area contributed by atoms with Gasteiger partial charge in [-0.3, -0.25) is 4.79 Å². The Balaban J connectivity index is 1.26. The largest absolute Gasteiger partial charge is 0.320 e. The summed E-state index contributed by atoms with van der Waals surface area (Å²) in [7, 11) is 0. The summed E-state index contributed by atoms with van der Waals surface area (Å²) in [5.41, 5.74) is 2.48. The molecule has 158 valence electrons. The van der Waals surface area contributed by atoms with Gasteiger partial charge in [0.15, 0.2) is 5.82 Å². The number of hydrogen-bond donors (Lipinski definition) is 3. The van der Waals surface area contributed by atoms with Gasteiger partial charge < -0.3 is 14.8 Å². The van der Waals surface area contributed by atoms with Gasteiger partial charge >= 0.3 is 0 Å². The van der Waals surface area contributed by atoms with E-state index in [2.05, 4.69) is 11.9 Å². The number of quaternary nitrogens is 2. The summed E-state index contributed by atoms with van der Waals surface area (Å²) in [4.78, 5) is 26.0. The van der Waals surface area contributed by atoms with Gasteiger partial charge in [-0.2, -0.15) is 0 Å². The van der Waals surface area contributed by atoms with Crippen molar-refractivity contribution in [2.75, 3.05) is 26.2 Å². The molecule has 2 aromatic heterocycles. The molecule has 7 heteroatoms. The van der Waals surface area contributed by atoms with Crippen LogP contribution in [0.15, 0.2) is 29.1 Å². The van der Waals surface area contributed by atoms with Gasteiger partial charge in [0.05, 0.1) is 5.39 Å². The number of hydrogen-bond acceptors (Lipinski definition) is 3. The van der Waals surface area contributed by atoms with E-state index in [4.69, 9.17) is 4.98 Å². The predicted molar refractivity (Wildman–Crippen MR) is 117 cm³/mol. The van der Waals surface area contributed by atoms with E-state index in [0.717, 1.165) is 61.6 Å². The molecule has 0 saturated carbocycles. The molecule has 1 aliphatic carbocycles. The molecule has 1 fully saturated rings. The number of thiophene rings is 1. The third kappa shape index (κ3) is 3.82. The van der Waals surface area contributed by atoms with E-state index in [9.17, 15) is 9.18 Å². The van der Waals surface area contributed by atoms with E-state index in [-0.39, 0.29) is 11.4 Å². The number of halogens is 1. The number of piperazine rings is 1. The Hall–Kier alpha value is -2.09. The van der Waals surface area contributed by atoms with Crippen molar-refractivity contribution in [3.63, 3.8) is 0 Å². The zero-order valence-electron chi connectivity index (χ0n) is 17.4. The first-order valence-electron chi connectivity index (χ1n) is 11.1. The van der Waals surface area contributed by atoms with Crippen molar-refractivity contribution >= 4 is 21.6 Å². The van der Waals surface area contributed by atoms with Gasteiger partial charge in [-0.15, -0.1) is 11.3 Å². The molecule has 5 rings (SSSR count). The predicted octanol–water partition coefficient (Wildman–Crippen LogP) is 1.05. The van der Waals surface area contributed by atoms with E-state index in [1.54, 1.807) is 23.5 Å². The van der Waals surface area contributed by atoms with Gasteiger partial charge in [0, 0.05) is 10.4 Å². The van der Waals surface area contributed by atoms with E-state index in [0.29, 0.717) is 6.04 Å². The summed E-state index contributed by atoms with van der Waals surface area (Å²) < 4.78 is 13.2. The SMILES string of the molecule is C[C@H](c1ccc(F)cc1)[NH+]1CC[NH+](Cc2nc3sc4c(c3c(=O)[nH]2)CCCC4)CC1. The number of aromatic nitrogens is 2. The Bertz CT molecular complexity index is 1100. The number of nitrogens with zero attached hydrogens (tertiary/aromatic N) is 1. The van der Waals surface area contributed by atoms with Crippen molar-refractivity contribution in [1.29, 1.82) is 0 Å². The molecule has 1 atom stereocenters. The van der Waals surface area contributed by atoms with Gasteiger partial charge in [0.2, 0.25) is 0 Å². The number of nitrogens with one attached hydrogen (secondary N) is 3. The molecule has 5 nitrogen and oxygen atoms in total. The second kappa shape index (κ2) is 8.21. The smallest absolute Gasteiger partial charge is 0.260 e. The molecule has 3 N–H and O–H groups in total. The Labute approximate surface area is 179 Å². The first-order valence-corrected chi connectivity index (χ1v) is 11.9. The summed E-state index contributed by atoms with van der Waals surface area (Å²) >= 11 is 1.72. The lowest BCUT2D eigenvalue weighted by Crippen LogP contribution is -3.27. The van der Waals surface area contributed by atoms with Crippen LogP contribution in [0.4, 0.5) is 4.39 Å². The van der Waals surface area contributed by atoms with Crippen LogP contribution in [0.5, 0.6) is 0 Å². The monoisotopic (exact) mass is 428 g/mol. The van der Waals surface area contributed by atoms with Crippen LogP contribution in [0.3, 0.4) is 0 Å². The minimum absolute atomic E-state index is 0.0444. The third-order valence-corrected chi connectivity index (χ3v) is 8.06. The molecule has 3 heterocycles. The number of benzene rings is 1. The van der Waals surface area contributed by atoms with Crippen molar-refractivity contribution in [2.45, 2.75) is 45.2 Å². The fourth-order valence-corrected chi connectivity index (χ4v) is 6.33. The van der Waals surface area contributed by atoms with E-state index in [1.807, 2.05) is 12.1 Å². The van der Waals surface area contributed by atoms with Crippen LogP contribution >= 0.6 is 11.3 Å². The highest BCUT2D eigenvalue weighted by molar-refractivity contribution is 7.18. The molecule has 0 amide bonds. The summed E-state index contributed by atoms with van der Waals surface area (Å²) in [6, 6.07) is 7.26. The van der Waals surface area contributed by atoms with Crippen LogP contribution in [0.1, 0.15) is 47.6 Å². The van der Waals surface area contributed by atoms with Crippen molar-refractivity contribution in [3.8, 4) is 0 Å². The van der Waals surface area contributed by atoms with Gasteiger partial charge in [0.1, 0.15) is 49.4 Å². The normalized spacial score (nSPS) is 22.7. The van der Waals surface area contributed by atoms with E-state index < -0.39 is 0 Å². The number of aryl methyl sites for hydroxylation is 2. The Kier molecular flexibility index (Phi) is 5.43. The molecule has 3 aromatic rings. The molecule has 0 spiro atoms. The fraction of sp³-hybridized carbons (Fsp3) is 0.478. The minimum atomic E-state index is -0.180. The quantitative estimate of drug-likeness (QED) is 0.582. The van der Waals surface area contributed by atoms with Crippen LogP contribution in [0.25, 0.3) is 10.2 Å². The number of rotatable bonds is 4. The second-order valence-electron chi connectivity index (χ2n) is 8.76. The molecular formula is C23H29FN4OS+2. The summed E-state index contributed by atoms with van der Waals surface area (Å²) in [5.74, 6) is 0.636. The minimum Gasteiger partial charge on any atom is -0.320 e. The Morgan fingerprint density at radius 2 is 1.87 bits per heavy atom. The van der Waals surface area contributed by atoms with Crippen molar-refractivity contribution in [3.05, 3.63) is 62.3 Å². The van der Waals surface area contributed by atoms with E-state index in [1.165, 1.54) is 38.6 Å². The maximum atomic E-state index is 13.2. The zero-order chi connectivity index (χ0) is 20.7. The first kappa shape index (κ1) is 19.8. The lowest BCUT2D eigenvalue weighted by Gasteiger charge is -2.33. The zero-order valence-corrected chi connectivity index (χ0v) is 18.2. The first-order chi connectivity index (χ1) is 14.6. The maximum Gasteiger partial charge on any atom is 0.260 e. The average molecular weight is 429 g/mol. The van der Waals surface area contributed by atoms with Crippen LogP contribution in [-0.4, -0.2) is 36.1 Å². The third-order valence-electron chi connectivity index (χ3n) is 6.87. The molecular weight excluding hydrogens is 399 g/mol. The van der Waals surface area contributed by atoms with Gasteiger partial charge in [-0.25, -0.2) is 9.37 Å². The second-order valence-corrected chi connectivity index (χ2v) is 9.85. The molecule has 0 unspecified atom stereocenters. The highest BCUT2D eigenvalue weighted by atomic mass is 32.1. The molecule has 1 saturated heterocycles. The highest BCUT2D eigenvalue weighted by Crippen LogP contribution is 2.33. The fourth-order valence-electron chi connectivity index (χ4n) is 5.05. The summed E-state index contributed by atoms with van der Waals surface area (Å²) in [5, 5.41) is 0.843. The van der Waals surface area contributed by atoms with Crippen LogP contribution in [-0.2, 0) is 19.4 Å². The van der Waals surface area contributed by atoms with Crippen LogP contribution in [0.2, 0.25) is 0 Å². The summed E-state index contributed by atoms with van der Waals surface area (Å²) in [6.45, 7) is 7.21. The molecule has 1 aliphatic heterocycles. The number of H-pyrrole nitrogens is 1. The van der Waals surface area contributed by atoms with Gasteiger partial charge in [-0.05, 0) is 50.3 Å². The average Bonchev–Trinajstić information content (AvgIpc) is 3.13. The van der Waals surface area contributed by atoms with Crippen LogP contribution < -0.4 is 15.4 Å². The highest BCUT2D eigenvalue weighted by Gasteiger charge is 2.29. The Morgan fingerprint density at radius 1 is 1.13 bits per heavy atom. The van der Waals surface area contributed by atoms with Crippen molar-refractivity contribution in [1.82, 2.24) is 9.97 Å². The van der Waals surface area contributed by atoms with Crippen molar-refractivity contribution in [2.24, 2.45) is 0 Å². The molecule has 0 radical (unpaired) electrons. The number of fused-ring (bicyclic) bond motifs is 3. The Morgan fingerprint density at radius 3 is 2.63 bits per heavy atom. The lowest BCUT2D eigenvalue weighted by atomic mass is 9.97. The van der Waals surface area contributed by atoms with Crippen molar-refractivity contribution < 1.29 is 14.2 Å². The molecule has 0 bridgehead atoms. The van der Waals surface area contributed by atoms with Gasteiger partial charge in [0.25, 0.3) is 5.56 Å². The topological polar surface area (TPSA) is 54.6 Å².